The minimum absolute atomic E-state index is 0.182. The van der Waals surface area contributed by atoms with Gasteiger partial charge < -0.3 is 9.64 Å². The summed E-state index contributed by atoms with van der Waals surface area (Å²) in [5, 5.41) is 4.23. The van der Waals surface area contributed by atoms with Crippen LogP contribution in [0, 0.1) is 0 Å². The first-order valence-corrected chi connectivity index (χ1v) is 6.95. The maximum Gasteiger partial charge on any atom is 0.271 e. The van der Waals surface area contributed by atoms with Gasteiger partial charge in [-0.15, -0.1) is 0 Å². The number of benzene rings is 1. The van der Waals surface area contributed by atoms with E-state index in [2.05, 4.69) is 22.4 Å². The van der Waals surface area contributed by atoms with Crippen molar-refractivity contribution >= 4 is 11.6 Å². The molecule has 20 heavy (non-hydrogen) atoms. The van der Waals surface area contributed by atoms with Gasteiger partial charge in [0.1, 0.15) is 5.75 Å². The third kappa shape index (κ3) is 3.81. The summed E-state index contributed by atoms with van der Waals surface area (Å²) in [5.74, 6) is 0.554. The molecule has 2 rings (SSSR count). The molecule has 0 saturated carbocycles. The first-order valence-electron chi connectivity index (χ1n) is 6.95. The highest BCUT2D eigenvalue weighted by Gasteiger charge is 2.13. The predicted octanol–water partition coefficient (Wildman–Crippen LogP) is 1.90. The van der Waals surface area contributed by atoms with Crippen LogP contribution in [-0.2, 0) is 0 Å². The van der Waals surface area contributed by atoms with Gasteiger partial charge in [-0.1, -0.05) is 6.92 Å². The second-order valence-corrected chi connectivity index (χ2v) is 4.78. The molecule has 1 N–H and O–H groups in total. The largest absolute Gasteiger partial charge is 0.497 e. The molecule has 1 fully saturated rings. The summed E-state index contributed by atoms with van der Waals surface area (Å²) in [6, 6.07) is 6.99. The van der Waals surface area contributed by atoms with Crippen LogP contribution in [0.25, 0.3) is 0 Å². The Hall–Kier alpha value is -1.88. The minimum Gasteiger partial charge on any atom is -0.497 e. The highest BCUT2D eigenvalue weighted by Crippen LogP contribution is 2.11. The lowest BCUT2D eigenvalue weighted by Gasteiger charge is -2.25. The Morgan fingerprint density at radius 2 is 1.95 bits per heavy atom. The van der Waals surface area contributed by atoms with Gasteiger partial charge in [0.2, 0.25) is 0 Å². The standard InChI is InChI=1S/C15H21N3O2/c1-3-18-10-8-13(9-11-18)16-17-15(19)12-4-6-14(20-2)7-5-12/h4-7H,3,8-11H2,1-2H3,(H,17,19). The summed E-state index contributed by atoms with van der Waals surface area (Å²) in [4.78, 5) is 14.3. The normalized spacial score (nSPS) is 15.8. The molecular formula is C15H21N3O2. The van der Waals surface area contributed by atoms with E-state index >= 15 is 0 Å². The number of hydrogen-bond donors (Lipinski definition) is 1. The number of nitrogens with zero attached hydrogens (tertiary/aromatic N) is 2. The maximum absolute atomic E-state index is 11.9. The van der Waals surface area contributed by atoms with E-state index in [-0.39, 0.29) is 5.91 Å². The number of rotatable bonds is 4. The highest BCUT2D eigenvalue weighted by molar-refractivity contribution is 5.95. The van der Waals surface area contributed by atoms with E-state index in [9.17, 15) is 4.79 Å². The van der Waals surface area contributed by atoms with Gasteiger partial charge >= 0.3 is 0 Å². The van der Waals surface area contributed by atoms with Crippen molar-refractivity contribution in [3.05, 3.63) is 29.8 Å². The fraction of sp³-hybridized carbons (Fsp3) is 0.467. The lowest BCUT2D eigenvalue weighted by molar-refractivity contribution is 0.0954. The van der Waals surface area contributed by atoms with E-state index in [1.54, 1.807) is 31.4 Å². The number of amides is 1. The van der Waals surface area contributed by atoms with Crippen LogP contribution >= 0.6 is 0 Å². The number of piperidine rings is 1. The average molecular weight is 275 g/mol. The van der Waals surface area contributed by atoms with Crippen molar-refractivity contribution in [3.63, 3.8) is 0 Å². The molecule has 0 bridgehead atoms. The molecule has 0 aliphatic carbocycles. The number of hydrazone groups is 1. The van der Waals surface area contributed by atoms with Gasteiger partial charge in [-0.25, -0.2) is 5.43 Å². The van der Waals surface area contributed by atoms with E-state index in [0.29, 0.717) is 5.56 Å². The third-order valence-electron chi connectivity index (χ3n) is 3.55. The Balaban J connectivity index is 1.88. The van der Waals surface area contributed by atoms with E-state index in [1.165, 1.54) is 0 Å². The topological polar surface area (TPSA) is 53.9 Å². The molecule has 0 aromatic heterocycles. The van der Waals surface area contributed by atoms with Gasteiger partial charge in [0.25, 0.3) is 5.91 Å². The molecule has 1 aromatic carbocycles. The lowest BCUT2D eigenvalue weighted by Crippen LogP contribution is -2.34. The fourth-order valence-corrected chi connectivity index (χ4v) is 2.18. The summed E-state index contributed by atoms with van der Waals surface area (Å²) in [6.45, 7) is 5.28. The van der Waals surface area contributed by atoms with Crippen LogP contribution in [0.1, 0.15) is 30.1 Å². The summed E-state index contributed by atoms with van der Waals surface area (Å²) in [7, 11) is 1.60. The molecule has 1 amide bonds. The van der Waals surface area contributed by atoms with Crippen LogP contribution in [0.4, 0.5) is 0 Å². The van der Waals surface area contributed by atoms with Crippen molar-refractivity contribution in [1.29, 1.82) is 0 Å². The number of nitrogens with one attached hydrogen (secondary N) is 1. The van der Waals surface area contributed by atoms with E-state index < -0.39 is 0 Å². The molecule has 0 spiro atoms. The Morgan fingerprint density at radius 1 is 1.30 bits per heavy atom. The molecular weight excluding hydrogens is 254 g/mol. The van der Waals surface area contributed by atoms with E-state index in [0.717, 1.165) is 43.9 Å². The van der Waals surface area contributed by atoms with Crippen molar-refractivity contribution in [3.8, 4) is 5.75 Å². The quantitative estimate of drug-likeness (QED) is 0.854. The Labute approximate surface area is 119 Å². The molecule has 5 nitrogen and oxygen atoms in total. The van der Waals surface area contributed by atoms with Gasteiger partial charge in [-0.2, -0.15) is 5.10 Å². The number of carbonyl (C=O) groups excluding carboxylic acids is 1. The van der Waals surface area contributed by atoms with Gasteiger partial charge in [0, 0.05) is 37.2 Å². The van der Waals surface area contributed by atoms with Crippen LogP contribution in [0.5, 0.6) is 5.75 Å². The zero-order valence-corrected chi connectivity index (χ0v) is 12.1. The zero-order chi connectivity index (χ0) is 14.4. The fourth-order valence-electron chi connectivity index (χ4n) is 2.18. The van der Waals surface area contributed by atoms with Crippen molar-refractivity contribution in [2.24, 2.45) is 5.10 Å². The molecule has 0 radical (unpaired) electrons. The van der Waals surface area contributed by atoms with Gasteiger partial charge in [0.15, 0.2) is 0 Å². The Morgan fingerprint density at radius 3 is 2.50 bits per heavy atom. The second-order valence-electron chi connectivity index (χ2n) is 4.78. The SMILES string of the molecule is CCN1CCC(=NNC(=O)c2ccc(OC)cc2)CC1. The molecule has 108 valence electrons. The highest BCUT2D eigenvalue weighted by atomic mass is 16.5. The van der Waals surface area contributed by atoms with E-state index in [4.69, 9.17) is 4.74 Å². The van der Waals surface area contributed by atoms with Gasteiger partial charge in [-0.05, 0) is 30.8 Å². The summed E-state index contributed by atoms with van der Waals surface area (Å²) >= 11 is 0. The molecule has 5 heteroatoms. The maximum atomic E-state index is 11.9. The van der Waals surface area contributed by atoms with Crippen LogP contribution in [0.3, 0.4) is 0 Å². The minimum atomic E-state index is -0.182. The van der Waals surface area contributed by atoms with Crippen molar-refractivity contribution in [2.45, 2.75) is 19.8 Å². The molecule has 0 unspecified atom stereocenters. The summed E-state index contributed by atoms with van der Waals surface area (Å²) in [5.41, 5.74) is 4.28. The summed E-state index contributed by atoms with van der Waals surface area (Å²) in [6.07, 6.45) is 1.85. The first-order chi connectivity index (χ1) is 9.72. The molecule has 1 saturated heterocycles. The monoisotopic (exact) mass is 275 g/mol. The number of hydrogen-bond acceptors (Lipinski definition) is 4. The van der Waals surface area contributed by atoms with Crippen LogP contribution in [0.15, 0.2) is 29.4 Å². The zero-order valence-electron chi connectivity index (χ0n) is 12.1. The smallest absolute Gasteiger partial charge is 0.271 e. The average Bonchev–Trinajstić information content (AvgIpc) is 2.53. The molecule has 1 heterocycles. The molecule has 0 atom stereocenters. The van der Waals surface area contributed by atoms with Crippen molar-refractivity contribution in [1.82, 2.24) is 10.3 Å². The number of ether oxygens (including phenoxy) is 1. The third-order valence-corrected chi connectivity index (χ3v) is 3.55. The predicted molar refractivity (Wildman–Crippen MR) is 79.2 cm³/mol. The lowest BCUT2D eigenvalue weighted by atomic mass is 10.1. The Kier molecular flexibility index (Phi) is 5.12. The van der Waals surface area contributed by atoms with Crippen LogP contribution in [-0.4, -0.2) is 43.3 Å². The van der Waals surface area contributed by atoms with Gasteiger partial charge in [0.05, 0.1) is 7.11 Å². The Bertz CT molecular complexity index is 472. The van der Waals surface area contributed by atoms with Crippen LogP contribution in [0.2, 0.25) is 0 Å². The summed E-state index contributed by atoms with van der Waals surface area (Å²) < 4.78 is 5.06. The van der Waals surface area contributed by atoms with Gasteiger partial charge in [-0.3, -0.25) is 4.79 Å². The molecule has 1 aliphatic rings. The second kappa shape index (κ2) is 7.05. The van der Waals surface area contributed by atoms with Crippen molar-refractivity contribution < 1.29 is 9.53 Å². The van der Waals surface area contributed by atoms with Crippen molar-refractivity contribution in [2.75, 3.05) is 26.7 Å². The first kappa shape index (κ1) is 14.5. The number of carbonyl (C=O) groups is 1. The number of likely N-dealkylation sites (tertiary alicyclic amines) is 1. The molecule has 1 aromatic rings. The number of methoxy groups -OCH3 is 1. The van der Waals surface area contributed by atoms with Crippen LogP contribution < -0.4 is 10.2 Å². The van der Waals surface area contributed by atoms with E-state index in [1.807, 2.05) is 0 Å². The molecule has 1 aliphatic heterocycles.